The molecule has 0 heterocycles. The number of carboxylic acids is 1. The molecule has 1 unspecified atom stereocenters. The molecule has 1 aromatic rings. The Balaban J connectivity index is 2.76. The SMILES string of the molecule is CC(CC(=O)O)CC(=O)Nc1ccc(S(N)(=O)=O)cc1Br. The maximum atomic E-state index is 11.8. The Hall–Kier alpha value is -1.45. The fourth-order valence-corrected chi connectivity index (χ4v) is 2.83. The zero-order valence-electron chi connectivity index (χ0n) is 11.2. The van der Waals surface area contributed by atoms with Crippen LogP contribution in [0, 0.1) is 5.92 Å². The second-order valence-corrected chi connectivity index (χ2v) is 7.06. The number of sulfonamides is 1. The summed E-state index contributed by atoms with van der Waals surface area (Å²) in [6, 6.07) is 3.96. The van der Waals surface area contributed by atoms with Crippen LogP contribution < -0.4 is 10.5 Å². The van der Waals surface area contributed by atoms with E-state index in [4.69, 9.17) is 10.2 Å². The molecule has 0 aliphatic rings. The molecule has 0 aliphatic heterocycles. The third-order valence-corrected chi connectivity index (χ3v) is 4.17. The zero-order valence-corrected chi connectivity index (χ0v) is 13.6. The summed E-state index contributed by atoms with van der Waals surface area (Å²) in [4.78, 5) is 22.2. The summed E-state index contributed by atoms with van der Waals surface area (Å²) >= 11 is 3.15. The molecular weight excluding hydrogens is 364 g/mol. The fraction of sp³-hybridized carbons (Fsp3) is 0.333. The van der Waals surface area contributed by atoms with E-state index in [1.54, 1.807) is 6.92 Å². The van der Waals surface area contributed by atoms with Crippen LogP contribution in [-0.4, -0.2) is 25.4 Å². The van der Waals surface area contributed by atoms with Gasteiger partial charge in [-0.1, -0.05) is 6.92 Å². The molecule has 1 aromatic carbocycles. The molecule has 0 aliphatic carbocycles. The van der Waals surface area contributed by atoms with Crippen LogP contribution in [0.2, 0.25) is 0 Å². The molecule has 7 nitrogen and oxygen atoms in total. The highest BCUT2D eigenvalue weighted by Gasteiger charge is 2.15. The summed E-state index contributed by atoms with van der Waals surface area (Å²) in [5.41, 5.74) is 0.384. The highest BCUT2D eigenvalue weighted by molar-refractivity contribution is 9.10. The Labute approximate surface area is 130 Å². The Morgan fingerprint density at radius 3 is 2.48 bits per heavy atom. The van der Waals surface area contributed by atoms with Crippen LogP contribution >= 0.6 is 15.9 Å². The van der Waals surface area contributed by atoms with Crippen molar-refractivity contribution in [1.29, 1.82) is 0 Å². The minimum absolute atomic E-state index is 0.0513. The minimum atomic E-state index is -3.81. The number of carbonyl (C=O) groups is 2. The van der Waals surface area contributed by atoms with Gasteiger partial charge in [0.1, 0.15) is 0 Å². The van der Waals surface area contributed by atoms with Crippen LogP contribution in [0.3, 0.4) is 0 Å². The molecule has 0 saturated heterocycles. The van der Waals surface area contributed by atoms with Crippen molar-refractivity contribution < 1.29 is 23.1 Å². The fourth-order valence-electron chi connectivity index (χ4n) is 1.66. The van der Waals surface area contributed by atoms with Gasteiger partial charge in [-0.05, 0) is 40.0 Å². The number of carboxylic acid groups (broad SMARTS) is 1. The zero-order chi connectivity index (χ0) is 16.2. The van der Waals surface area contributed by atoms with Gasteiger partial charge < -0.3 is 10.4 Å². The number of anilines is 1. The van der Waals surface area contributed by atoms with Crippen molar-refractivity contribution in [3.63, 3.8) is 0 Å². The first-order valence-electron chi connectivity index (χ1n) is 5.93. The highest BCUT2D eigenvalue weighted by Crippen LogP contribution is 2.25. The number of rotatable bonds is 6. The number of nitrogens with two attached hydrogens (primary N) is 1. The molecule has 0 fully saturated rings. The second kappa shape index (κ2) is 7.01. The van der Waals surface area contributed by atoms with Gasteiger partial charge in [-0.3, -0.25) is 9.59 Å². The molecule has 9 heteroatoms. The molecule has 1 amide bonds. The summed E-state index contributed by atoms with van der Waals surface area (Å²) in [6.45, 7) is 1.66. The van der Waals surface area contributed by atoms with E-state index < -0.39 is 16.0 Å². The first-order valence-corrected chi connectivity index (χ1v) is 8.27. The summed E-state index contributed by atoms with van der Waals surface area (Å²) in [5, 5.41) is 16.2. The van der Waals surface area contributed by atoms with Crippen LogP contribution in [-0.2, 0) is 19.6 Å². The van der Waals surface area contributed by atoms with E-state index in [1.165, 1.54) is 18.2 Å². The molecule has 116 valence electrons. The molecule has 0 saturated carbocycles. The summed E-state index contributed by atoms with van der Waals surface area (Å²) in [5.74, 6) is -1.62. The minimum Gasteiger partial charge on any atom is -0.481 e. The first-order chi connectivity index (χ1) is 9.59. The van der Waals surface area contributed by atoms with Gasteiger partial charge in [-0.25, -0.2) is 13.6 Å². The van der Waals surface area contributed by atoms with Gasteiger partial charge in [-0.15, -0.1) is 0 Å². The van der Waals surface area contributed by atoms with Gasteiger partial charge in [0.15, 0.2) is 0 Å². The van der Waals surface area contributed by atoms with E-state index in [2.05, 4.69) is 21.2 Å². The average Bonchev–Trinajstić information content (AvgIpc) is 2.28. The summed E-state index contributed by atoms with van der Waals surface area (Å²) < 4.78 is 22.7. The maximum absolute atomic E-state index is 11.8. The van der Waals surface area contributed by atoms with E-state index in [0.717, 1.165) is 0 Å². The third-order valence-electron chi connectivity index (χ3n) is 2.60. The lowest BCUT2D eigenvalue weighted by atomic mass is 10.0. The quantitative estimate of drug-likeness (QED) is 0.691. The standard InChI is InChI=1S/C12H15BrN2O5S/c1-7(5-12(17)18)4-11(16)15-10-3-2-8(6-9(10)13)21(14,19)20/h2-3,6-7H,4-5H2,1H3,(H,15,16)(H,17,18)(H2,14,19,20). The molecule has 0 radical (unpaired) electrons. The number of hydrogen-bond acceptors (Lipinski definition) is 4. The highest BCUT2D eigenvalue weighted by atomic mass is 79.9. The van der Waals surface area contributed by atoms with Crippen LogP contribution in [0.4, 0.5) is 5.69 Å². The van der Waals surface area contributed by atoms with Crippen LogP contribution in [0.1, 0.15) is 19.8 Å². The summed E-state index contributed by atoms with van der Waals surface area (Å²) in [6.07, 6.45) is -0.0470. The molecule has 21 heavy (non-hydrogen) atoms. The van der Waals surface area contributed by atoms with E-state index in [1.807, 2.05) is 0 Å². The number of primary sulfonamides is 1. The van der Waals surface area contributed by atoms with Crippen molar-refractivity contribution >= 4 is 43.5 Å². The van der Waals surface area contributed by atoms with Gasteiger partial charge >= 0.3 is 5.97 Å². The predicted octanol–water partition coefficient (Wildman–Crippen LogP) is 1.54. The van der Waals surface area contributed by atoms with Gasteiger partial charge in [0, 0.05) is 17.3 Å². The number of benzene rings is 1. The number of nitrogens with one attached hydrogen (secondary N) is 1. The lowest BCUT2D eigenvalue weighted by Crippen LogP contribution is -2.17. The number of aliphatic carboxylic acids is 1. The lowest BCUT2D eigenvalue weighted by molar-refractivity contribution is -0.138. The second-order valence-electron chi connectivity index (χ2n) is 4.64. The first kappa shape index (κ1) is 17.6. The molecule has 1 rings (SSSR count). The smallest absolute Gasteiger partial charge is 0.303 e. The van der Waals surface area contributed by atoms with E-state index in [-0.39, 0.29) is 29.6 Å². The molecule has 0 spiro atoms. The van der Waals surface area contributed by atoms with Crippen molar-refractivity contribution in [2.75, 3.05) is 5.32 Å². The normalized spacial score (nSPS) is 12.7. The monoisotopic (exact) mass is 378 g/mol. The average molecular weight is 379 g/mol. The number of halogens is 1. The van der Waals surface area contributed by atoms with Gasteiger partial charge in [0.2, 0.25) is 15.9 Å². The molecule has 4 N–H and O–H groups in total. The van der Waals surface area contributed by atoms with Gasteiger partial charge in [0.05, 0.1) is 10.6 Å². The topological polar surface area (TPSA) is 127 Å². The van der Waals surface area contributed by atoms with E-state index >= 15 is 0 Å². The van der Waals surface area contributed by atoms with Crippen molar-refractivity contribution in [3.8, 4) is 0 Å². The molecule has 0 aromatic heterocycles. The van der Waals surface area contributed by atoms with E-state index in [9.17, 15) is 18.0 Å². The van der Waals surface area contributed by atoms with Gasteiger partial charge in [0.25, 0.3) is 0 Å². The van der Waals surface area contributed by atoms with Crippen molar-refractivity contribution in [1.82, 2.24) is 0 Å². The Kier molecular flexibility index (Phi) is 5.87. The lowest BCUT2D eigenvalue weighted by Gasteiger charge is -2.11. The number of amides is 1. The predicted molar refractivity (Wildman–Crippen MR) is 80.2 cm³/mol. The van der Waals surface area contributed by atoms with Crippen molar-refractivity contribution in [3.05, 3.63) is 22.7 Å². The van der Waals surface area contributed by atoms with E-state index in [0.29, 0.717) is 10.2 Å². The molecule has 1 atom stereocenters. The maximum Gasteiger partial charge on any atom is 0.303 e. The Morgan fingerprint density at radius 2 is 2.00 bits per heavy atom. The summed E-state index contributed by atoms with van der Waals surface area (Å²) in [7, 11) is -3.81. The van der Waals surface area contributed by atoms with Crippen molar-refractivity contribution in [2.45, 2.75) is 24.7 Å². The third kappa shape index (κ3) is 5.82. The Morgan fingerprint density at radius 1 is 1.38 bits per heavy atom. The largest absolute Gasteiger partial charge is 0.481 e. The number of carbonyl (C=O) groups excluding carboxylic acids is 1. The Bertz CT molecular complexity index is 660. The van der Waals surface area contributed by atoms with Crippen LogP contribution in [0.5, 0.6) is 0 Å². The molecular formula is C12H15BrN2O5S. The number of hydrogen-bond donors (Lipinski definition) is 3. The van der Waals surface area contributed by atoms with Crippen LogP contribution in [0.15, 0.2) is 27.6 Å². The molecule has 0 bridgehead atoms. The van der Waals surface area contributed by atoms with Crippen molar-refractivity contribution in [2.24, 2.45) is 11.1 Å². The van der Waals surface area contributed by atoms with Gasteiger partial charge in [-0.2, -0.15) is 0 Å². The van der Waals surface area contributed by atoms with Crippen LogP contribution in [0.25, 0.3) is 0 Å².